The quantitative estimate of drug-likeness (QED) is 0.110. The van der Waals surface area contributed by atoms with E-state index in [1.54, 1.807) is 0 Å². The van der Waals surface area contributed by atoms with Crippen LogP contribution in [0.25, 0.3) is 0 Å². The number of rotatable bonds is 15. The zero-order chi connectivity index (χ0) is 26.7. The molecule has 0 aliphatic heterocycles. The van der Waals surface area contributed by atoms with Crippen molar-refractivity contribution in [3.05, 3.63) is 18.2 Å². The smallest absolute Gasteiger partial charge is 0.326 e. The Balaban J connectivity index is 2.97. The summed E-state index contributed by atoms with van der Waals surface area (Å²) < 4.78 is 0. The molecule has 0 saturated heterocycles. The van der Waals surface area contributed by atoms with Crippen LogP contribution in [0.15, 0.2) is 12.5 Å². The van der Waals surface area contributed by atoms with E-state index >= 15 is 0 Å². The molecule has 0 saturated carbocycles. The molecular weight excluding hydrogens is 472 g/mol. The third-order valence-corrected chi connectivity index (χ3v) is 4.40. The Morgan fingerprint density at radius 2 is 1.31 bits per heavy atom. The number of H-pyrrole nitrogens is 1. The van der Waals surface area contributed by atoms with Crippen LogP contribution < -0.4 is 33.2 Å². The second-order valence-corrected chi connectivity index (χ2v) is 7.35. The third kappa shape index (κ3) is 10.3. The van der Waals surface area contributed by atoms with Crippen molar-refractivity contribution in [3.63, 3.8) is 0 Å². The van der Waals surface area contributed by atoms with E-state index in [1.807, 2.05) is 10.6 Å². The van der Waals surface area contributed by atoms with Gasteiger partial charge in [-0.1, -0.05) is 0 Å². The van der Waals surface area contributed by atoms with E-state index in [2.05, 4.69) is 15.3 Å². The van der Waals surface area contributed by atoms with Gasteiger partial charge in [0, 0.05) is 18.3 Å². The highest BCUT2D eigenvalue weighted by Crippen LogP contribution is 2.02. The number of aromatic nitrogens is 2. The molecule has 1 aromatic heterocycles. The van der Waals surface area contributed by atoms with Crippen molar-refractivity contribution in [2.45, 2.75) is 49.9 Å². The lowest BCUT2D eigenvalue weighted by Crippen LogP contribution is -2.58. The lowest BCUT2D eigenvalue weighted by Gasteiger charge is -2.24. The molecule has 17 nitrogen and oxygen atoms in total. The van der Waals surface area contributed by atoms with E-state index in [0.29, 0.717) is 5.69 Å². The number of carboxylic acid groups (broad SMARTS) is 2. The second-order valence-electron chi connectivity index (χ2n) is 7.35. The summed E-state index contributed by atoms with van der Waals surface area (Å²) in [6.45, 7) is 0. The highest BCUT2D eigenvalue weighted by molar-refractivity contribution is 5.97. The molecule has 1 aromatic rings. The molecule has 0 aromatic carbocycles. The van der Waals surface area contributed by atoms with Gasteiger partial charge in [0.25, 0.3) is 0 Å². The summed E-state index contributed by atoms with van der Waals surface area (Å²) in [7, 11) is 0. The van der Waals surface area contributed by atoms with Crippen molar-refractivity contribution >= 4 is 41.5 Å². The topological polar surface area (TPSA) is 303 Å². The predicted molar refractivity (Wildman–Crippen MR) is 114 cm³/mol. The maximum absolute atomic E-state index is 12.7. The first-order valence-electron chi connectivity index (χ1n) is 9.95. The summed E-state index contributed by atoms with van der Waals surface area (Å²) in [5.41, 5.74) is 16.3. The molecule has 0 bridgehead atoms. The van der Waals surface area contributed by atoms with Gasteiger partial charge in [0.15, 0.2) is 0 Å². The molecule has 1 heterocycles. The van der Waals surface area contributed by atoms with Crippen LogP contribution in [0, 0.1) is 0 Å². The SMILES string of the molecule is NC(=O)CC(NC(=O)C(CC(=O)O)NC(=O)C(CC(N)=O)NC(=O)C(N)Cc1cnc[nH]1)C(=O)O. The molecular formula is C18H26N8O9. The van der Waals surface area contributed by atoms with Crippen molar-refractivity contribution < 1.29 is 43.8 Å². The molecule has 0 fully saturated rings. The number of amides is 5. The van der Waals surface area contributed by atoms with Gasteiger partial charge in [0.2, 0.25) is 29.5 Å². The Bertz CT molecular complexity index is 965. The summed E-state index contributed by atoms with van der Waals surface area (Å²) in [5.74, 6) is -8.57. The van der Waals surface area contributed by atoms with Gasteiger partial charge in [-0.2, -0.15) is 0 Å². The van der Waals surface area contributed by atoms with Crippen LogP contribution in [-0.4, -0.2) is 85.8 Å². The largest absolute Gasteiger partial charge is 0.481 e. The van der Waals surface area contributed by atoms with E-state index in [4.69, 9.17) is 27.4 Å². The van der Waals surface area contributed by atoms with Crippen LogP contribution >= 0.6 is 0 Å². The minimum atomic E-state index is -1.85. The Kier molecular flexibility index (Phi) is 10.8. The molecule has 4 unspecified atom stereocenters. The van der Waals surface area contributed by atoms with Gasteiger partial charge >= 0.3 is 11.9 Å². The summed E-state index contributed by atoms with van der Waals surface area (Å²) in [6, 6.07) is -6.46. The van der Waals surface area contributed by atoms with Crippen LogP contribution in [0.2, 0.25) is 0 Å². The molecule has 0 radical (unpaired) electrons. The van der Waals surface area contributed by atoms with Gasteiger partial charge in [-0.3, -0.25) is 28.8 Å². The van der Waals surface area contributed by atoms with Crippen LogP contribution in [0.5, 0.6) is 0 Å². The van der Waals surface area contributed by atoms with Crippen molar-refractivity contribution in [1.82, 2.24) is 25.9 Å². The number of nitrogens with two attached hydrogens (primary N) is 3. The average molecular weight is 498 g/mol. The second kappa shape index (κ2) is 13.2. The molecule has 12 N–H and O–H groups in total. The maximum Gasteiger partial charge on any atom is 0.326 e. The van der Waals surface area contributed by atoms with Gasteiger partial charge in [0.1, 0.15) is 18.1 Å². The standard InChI is InChI=1S/C18H26N8O9/c19-8(1-7-5-22-6-23-7)15(31)24-9(2-12(20)27)16(32)25-10(4-14(29)30)17(33)26-11(18(34)35)3-13(21)28/h5-6,8-11H,1-4,19H2,(H2,20,27)(H2,21,28)(H,22,23)(H,24,31)(H,25,32)(H,26,33)(H,29,30)(H,34,35). The van der Waals surface area contributed by atoms with Gasteiger partial charge in [-0.15, -0.1) is 0 Å². The zero-order valence-corrected chi connectivity index (χ0v) is 18.2. The molecule has 5 amide bonds. The number of nitrogens with zero attached hydrogens (tertiary/aromatic N) is 1. The molecule has 0 aliphatic rings. The van der Waals surface area contributed by atoms with Crippen LogP contribution in [0.4, 0.5) is 0 Å². The lowest BCUT2D eigenvalue weighted by atomic mass is 10.1. The van der Waals surface area contributed by atoms with E-state index in [9.17, 15) is 33.6 Å². The fourth-order valence-corrected chi connectivity index (χ4v) is 2.74. The number of hydrogen-bond donors (Lipinski definition) is 9. The van der Waals surface area contributed by atoms with E-state index < -0.39 is 84.9 Å². The molecule has 4 atom stereocenters. The number of imidazole rings is 1. The fourth-order valence-electron chi connectivity index (χ4n) is 2.74. The summed E-state index contributed by atoms with van der Waals surface area (Å²) in [4.78, 5) is 88.9. The van der Waals surface area contributed by atoms with Crippen LogP contribution in [0.1, 0.15) is 25.0 Å². The van der Waals surface area contributed by atoms with Gasteiger partial charge in [-0.05, 0) is 0 Å². The minimum Gasteiger partial charge on any atom is -0.481 e. The molecule has 0 spiro atoms. The monoisotopic (exact) mass is 498 g/mol. The first kappa shape index (κ1) is 28.5. The zero-order valence-electron chi connectivity index (χ0n) is 18.2. The number of carboxylic acids is 2. The number of carbonyl (C=O) groups is 7. The Morgan fingerprint density at radius 1 is 0.829 bits per heavy atom. The Morgan fingerprint density at radius 3 is 1.77 bits per heavy atom. The Labute approximate surface area is 197 Å². The minimum absolute atomic E-state index is 0.00275. The fraction of sp³-hybridized carbons (Fsp3) is 0.444. The van der Waals surface area contributed by atoms with Crippen LogP contribution in [0.3, 0.4) is 0 Å². The summed E-state index contributed by atoms with van der Waals surface area (Å²) in [5, 5.41) is 24.3. The maximum atomic E-state index is 12.7. The molecule has 192 valence electrons. The van der Waals surface area contributed by atoms with Crippen molar-refractivity contribution in [3.8, 4) is 0 Å². The van der Waals surface area contributed by atoms with Gasteiger partial charge in [0.05, 0.1) is 31.6 Å². The number of primary amides is 2. The first-order valence-corrected chi connectivity index (χ1v) is 9.95. The van der Waals surface area contributed by atoms with Crippen molar-refractivity contribution in [2.24, 2.45) is 17.2 Å². The molecule has 35 heavy (non-hydrogen) atoms. The normalized spacial score (nSPS) is 14.0. The third-order valence-electron chi connectivity index (χ3n) is 4.40. The Hall–Kier alpha value is -4.54. The lowest BCUT2D eigenvalue weighted by molar-refractivity contribution is -0.145. The predicted octanol–water partition coefficient (Wildman–Crippen LogP) is -4.96. The average Bonchev–Trinajstić information content (AvgIpc) is 3.23. The highest BCUT2D eigenvalue weighted by atomic mass is 16.4. The van der Waals surface area contributed by atoms with Crippen LogP contribution in [-0.2, 0) is 40.0 Å². The van der Waals surface area contributed by atoms with Gasteiger partial charge in [-0.25, -0.2) is 9.78 Å². The van der Waals surface area contributed by atoms with E-state index in [1.165, 1.54) is 12.5 Å². The first-order chi connectivity index (χ1) is 16.3. The number of nitrogens with one attached hydrogen (secondary N) is 4. The van der Waals surface area contributed by atoms with E-state index in [-0.39, 0.29) is 6.42 Å². The number of hydrogen-bond acceptors (Lipinski definition) is 9. The summed E-state index contributed by atoms with van der Waals surface area (Å²) in [6.07, 6.45) is 0.237. The van der Waals surface area contributed by atoms with E-state index in [0.717, 1.165) is 0 Å². The number of aliphatic carboxylic acids is 2. The van der Waals surface area contributed by atoms with Crippen molar-refractivity contribution in [1.29, 1.82) is 0 Å². The highest BCUT2D eigenvalue weighted by Gasteiger charge is 2.32. The molecule has 0 aliphatic carbocycles. The number of carbonyl (C=O) groups excluding carboxylic acids is 5. The molecule has 17 heteroatoms. The summed E-state index contributed by atoms with van der Waals surface area (Å²) >= 11 is 0. The van der Waals surface area contributed by atoms with Crippen molar-refractivity contribution in [2.75, 3.05) is 0 Å². The number of aromatic amines is 1. The molecule has 1 rings (SSSR count). The van der Waals surface area contributed by atoms with Gasteiger partial charge < -0.3 is 48.3 Å².